The number of carbonyl (C=O) groups excluding carboxylic acids is 1. The molecule has 0 aliphatic carbocycles. The first-order chi connectivity index (χ1) is 12.1. The Kier molecular flexibility index (Phi) is 4.79. The van der Waals surface area contributed by atoms with Gasteiger partial charge in [0.2, 0.25) is 0 Å². The molecule has 0 saturated heterocycles. The van der Waals surface area contributed by atoms with Gasteiger partial charge in [-0.05, 0) is 36.8 Å². The van der Waals surface area contributed by atoms with E-state index in [9.17, 15) is 4.79 Å². The van der Waals surface area contributed by atoms with Crippen LogP contribution in [0.4, 0.5) is 0 Å². The van der Waals surface area contributed by atoms with Crippen molar-refractivity contribution in [1.82, 2.24) is 19.9 Å². The summed E-state index contributed by atoms with van der Waals surface area (Å²) >= 11 is 0. The normalized spacial score (nSPS) is 11.8. The molecular formula is C19H20N4O2. The van der Waals surface area contributed by atoms with Crippen molar-refractivity contribution in [3.63, 3.8) is 0 Å². The molecule has 1 heterocycles. The number of nitrogens with zero attached hydrogens (tertiary/aromatic N) is 4. The van der Waals surface area contributed by atoms with Crippen molar-refractivity contribution in [2.75, 3.05) is 14.2 Å². The predicted molar refractivity (Wildman–Crippen MR) is 94.9 cm³/mol. The van der Waals surface area contributed by atoms with Crippen LogP contribution in [0, 0.1) is 0 Å². The Labute approximate surface area is 146 Å². The van der Waals surface area contributed by atoms with E-state index in [1.54, 1.807) is 19.1 Å². The second-order valence-electron chi connectivity index (χ2n) is 5.72. The van der Waals surface area contributed by atoms with E-state index >= 15 is 0 Å². The van der Waals surface area contributed by atoms with E-state index in [0.29, 0.717) is 5.69 Å². The molecule has 3 rings (SSSR count). The first-order valence-electron chi connectivity index (χ1n) is 7.99. The van der Waals surface area contributed by atoms with Gasteiger partial charge in [0.25, 0.3) is 5.91 Å². The van der Waals surface area contributed by atoms with Gasteiger partial charge in [0, 0.05) is 7.05 Å². The molecule has 3 aromatic rings. The molecule has 0 unspecified atom stereocenters. The zero-order chi connectivity index (χ0) is 17.8. The molecule has 25 heavy (non-hydrogen) atoms. The molecule has 1 atom stereocenters. The molecule has 0 radical (unpaired) electrons. The minimum absolute atomic E-state index is 0.0970. The second kappa shape index (κ2) is 7.17. The number of hydrogen-bond donors (Lipinski definition) is 0. The van der Waals surface area contributed by atoms with Crippen molar-refractivity contribution in [3.05, 3.63) is 72.1 Å². The van der Waals surface area contributed by atoms with Crippen molar-refractivity contribution in [2.24, 2.45) is 0 Å². The number of methoxy groups -OCH3 is 1. The number of hydrogen-bond acceptors (Lipinski definition) is 4. The number of benzene rings is 2. The van der Waals surface area contributed by atoms with Crippen molar-refractivity contribution in [2.45, 2.75) is 13.0 Å². The third-order valence-electron chi connectivity index (χ3n) is 4.20. The fraction of sp³-hybridized carbons (Fsp3) is 0.211. The number of aromatic nitrogens is 3. The summed E-state index contributed by atoms with van der Waals surface area (Å²) in [6, 6.07) is 17.1. The molecule has 1 amide bonds. The van der Waals surface area contributed by atoms with Crippen molar-refractivity contribution in [3.8, 4) is 11.4 Å². The maximum atomic E-state index is 12.7. The summed E-state index contributed by atoms with van der Waals surface area (Å²) in [5, 5.41) is 8.49. The quantitative estimate of drug-likeness (QED) is 0.718. The van der Waals surface area contributed by atoms with Gasteiger partial charge >= 0.3 is 0 Å². The van der Waals surface area contributed by atoms with E-state index in [1.165, 1.54) is 11.0 Å². The standard InChI is InChI=1S/C19H20N4O2/c1-14(15-9-11-17(25-3)12-10-15)22(2)19(24)18-13-20-23(21-18)16-7-5-4-6-8-16/h4-14H,1-3H3/t14-/m0/s1. The average molecular weight is 336 g/mol. The molecule has 0 saturated carbocycles. The maximum absolute atomic E-state index is 12.7. The molecule has 6 heteroatoms. The highest BCUT2D eigenvalue weighted by molar-refractivity contribution is 5.92. The highest BCUT2D eigenvalue weighted by atomic mass is 16.5. The molecule has 0 bridgehead atoms. The summed E-state index contributed by atoms with van der Waals surface area (Å²) in [5.41, 5.74) is 2.14. The minimum Gasteiger partial charge on any atom is -0.497 e. The van der Waals surface area contributed by atoms with Gasteiger partial charge in [0.15, 0.2) is 5.69 Å². The smallest absolute Gasteiger partial charge is 0.276 e. The topological polar surface area (TPSA) is 60.2 Å². The molecular weight excluding hydrogens is 316 g/mol. The van der Waals surface area contributed by atoms with Gasteiger partial charge in [0.1, 0.15) is 5.75 Å². The molecule has 1 aromatic heterocycles. The van der Waals surface area contributed by atoms with Crippen LogP contribution < -0.4 is 4.74 Å². The van der Waals surface area contributed by atoms with Gasteiger partial charge in [-0.2, -0.15) is 9.90 Å². The van der Waals surface area contributed by atoms with Crippen LogP contribution in [0.3, 0.4) is 0 Å². The fourth-order valence-electron chi connectivity index (χ4n) is 2.51. The van der Waals surface area contributed by atoms with E-state index in [1.807, 2.05) is 61.5 Å². The van der Waals surface area contributed by atoms with Crippen LogP contribution in [-0.4, -0.2) is 40.0 Å². The van der Waals surface area contributed by atoms with Crippen LogP contribution in [0.25, 0.3) is 5.69 Å². The number of rotatable bonds is 5. The average Bonchev–Trinajstić information content (AvgIpc) is 3.17. The Hall–Kier alpha value is -3.15. The summed E-state index contributed by atoms with van der Waals surface area (Å²) in [6.07, 6.45) is 1.49. The molecule has 0 N–H and O–H groups in total. The van der Waals surface area contributed by atoms with Gasteiger partial charge in [-0.15, -0.1) is 5.10 Å². The number of carbonyl (C=O) groups is 1. The summed E-state index contributed by atoms with van der Waals surface area (Å²) in [5.74, 6) is 0.612. The zero-order valence-corrected chi connectivity index (χ0v) is 14.5. The first kappa shape index (κ1) is 16.7. The number of para-hydroxylation sites is 1. The number of amides is 1. The summed E-state index contributed by atoms with van der Waals surface area (Å²) in [7, 11) is 3.39. The largest absolute Gasteiger partial charge is 0.497 e. The predicted octanol–water partition coefficient (Wildman–Crippen LogP) is 3.11. The van der Waals surface area contributed by atoms with Gasteiger partial charge < -0.3 is 9.64 Å². The molecule has 2 aromatic carbocycles. The maximum Gasteiger partial charge on any atom is 0.276 e. The molecule has 6 nitrogen and oxygen atoms in total. The van der Waals surface area contributed by atoms with Crippen molar-refractivity contribution < 1.29 is 9.53 Å². The lowest BCUT2D eigenvalue weighted by molar-refractivity contribution is 0.0736. The van der Waals surface area contributed by atoms with E-state index in [-0.39, 0.29) is 11.9 Å². The van der Waals surface area contributed by atoms with Gasteiger partial charge in [-0.3, -0.25) is 4.79 Å². The summed E-state index contributed by atoms with van der Waals surface area (Å²) < 4.78 is 5.17. The lowest BCUT2D eigenvalue weighted by Gasteiger charge is -2.24. The van der Waals surface area contributed by atoms with E-state index in [4.69, 9.17) is 4.74 Å². The van der Waals surface area contributed by atoms with Crippen LogP contribution in [-0.2, 0) is 0 Å². The zero-order valence-electron chi connectivity index (χ0n) is 14.5. The highest BCUT2D eigenvalue weighted by Gasteiger charge is 2.21. The Balaban J connectivity index is 1.76. The number of ether oxygens (including phenoxy) is 1. The molecule has 0 spiro atoms. The first-order valence-corrected chi connectivity index (χ1v) is 7.99. The summed E-state index contributed by atoms with van der Waals surface area (Å²) in [4.78, 5) is 15.8. The monoisotopic (exact) mass is 336 g/mol. The lowest BCUT2D eigenvalue weighted by Crippen LogP contribution is -2.30. The Morgan fingerprint density at radius 2 is 1.80 bits per heavy atom. The Morgan fingerprint density at radius 3 is 2.44 bits per heavy atom. The Bertz CT molecular complexity index is 843. The molecule has 0 aliphatic heterocycles. The SMILES string of the molecule is COc1ccc([C@H](C)N(C)C(=O)c2cnn(-c3ccccc3)n2)cc1. The van der Waals surface area contributed by atoms with Crippen LogP contribution in [0.5, 0.6) is 5.75 Å². The van der Waals surface area contributed by atoms with Crippen molar-refractivity contribution in [1.29, 1.82) is 0 Å². The highest BCUT2D eigenvalue weighted by Crippen LogP contribution is 2.22. The van der Waals surface area contributed by atoms with Gasteiger partial charge in [0.05, 0.1) is 25.0 Å². The fourth-order valence-corrected chi connectivity index (χ4v) is 2.51. The van der Waals surface area contributed by atoms with Gasteiger partial charge in [-0.25, -0.2) is 0 Å². The van der Waals surface area contributed by atoms with E-state index < -0.39 is 0 Å². The molecule has 0 aliphatic rings. The van der Waals surface area contributed by atoms with Crippen molar-refractivity contribution >= 4 is 5.91 Å². The molecule has 128 valence electrons. The third-order valence-corrected chi connectivity index (χ3v) is 4.20. The van der Waals surface area contributed by atoms with Crippen LogP contribution in [0.1, 0.15) is 29.0 Å². The van der Waals surface area contributed by atoms with Crippen LogP contribution in [0.2, 0.25) is 0 Å². The third kappa shape index (κ3) is 3.52. The lowest BCUT2D eigenvalue weighted by atomic mass is 10.1. The van der Waals surface area contributed by atoms with E-state index in [0.717, 1.165) is 17.0 Å². The van der Waals surface area contributed by atoms with Crippen LogP contribution >= 0.6 is 0 Å². The molecule has 0 fully saturated rings. The van der Waals surface area contributed by atoms with E-state index in [2.05, 4.69) is 10.2 Å². The van der Waals surface area contributed by atoms with Gasteiger partial charge in [-0.1, -0.05) is 30.3 Å². The summed E-state index contributed by atoms with van der Waals surface area (Å²) in [6.45, 7) is 1.97. The second-order valence-corrected chi connectivity index (χ2v) is 5.72. The van der Waals surface area contributed by atoms with Crippen LogP contribution in [0.15, 0.2) is 60.8 Å². The minimum atomic E-state index is -0.175. The Morgan fingerprint density at radius 1 is 1.12 bits per heavy atom.